The van der Waals surface area contributed by atoms with Crippen LogP contribution in [-0.4, -0.2) is 6.61 Å². The van der Waals surface area contributed by atoms with Crippen molar-refractivity contribution in [3.8, 4) is 17.6 Å². The second kappa shape index (κ2) is 6.16. The predicted octanol–water partition coefficient (Wildman–Crippen LogP) is 4.14. The summed E-state index contributed by atoms with van der Waals surface area (Å²) in [6, 6.07) is 10.6. The van der Waals surface area contributed by atoms with E-state index in [2.05, 4.69) is 16.6 Å². The maximum absolute atomic E-state index is 13.3. The molecule has 0 heterocycles. The van der Waals surface area contributed by atoms with Crippen LogP contribution in [0.1, 0.15) is 16.7 Å². The van der Waals surface area contributed by atoms with Gasteiger partial charge in [-0.25, -0.2) is 4.39 Å². The Morgan fingerprint density at radius 3 is 2.35 bits per heavy atom. The highest BCUT2D eigenvalue weighted by Crippen LogP contribution is 2.15. The molecule has 0 radical (unpaired) electrons. The lowest BCUT2D eigenvalue weighted by Crippen LogP contribution is -2.01. The van der Waals surface area contributed by atoms with Crippen molar-refractivity contribution in [3.63, 3.8) is 0 Å². The second-order valence-electron chi connectivity index (χ2n) is 4.07. The summed E-state index contributed by atoms with van der Waals surface area (Å²) >= 11 is 0. The van der Waals surface area contributed by atoms with Gasteiger partial charge in [-0.05, 0) is 43.3 Å². The van der Waals surface area contributed by atoms with E-state index in [0.717, 1.165) is 0 Å². The van der Waals surface area contributed by atoms with E-state index in [1.54, 1.807) is 31.2 Å². The number of rotatable bonds is 2. The van der Waals surface area contributed by atoms with E-state index in [9.17, 15) is 13.2 Å². The summed E-state index contributed by atoms with van der Waals surface area (Å²) in [7, 11) is 0. The smallest absolute Gasteiger partial charge is 0.387 e. The van der Waals surface area contributed by atoms with Crippen molar-refractivity contribution >= 4 is 0 Å². The average Bonchev–Trinajstić information content (AvgIpc) is 2.41. The number of ether oxygens (including phenoxy) is 1. The molecule has 2 aromatic rings. The second-order valence-corrected chi connectivity index (χ2v) is 4.07. The van der Waals surface area contributed by atoms with Gasteiger partial charge in [-0.3, -0.25) is 0 Å². The summed E-state index contributed by atoms with van der Waals surface area (Å²) in [5.74, 6) is 5.47. The summed E-state index contributed by atoms with van der Waals surface area (Å²) in [5.41, 5.74) is 1.71. The topological polar surface area (TPSA) is 9.23 Å². The van der Waals surface area contributed by atoms with Gasteiger partial charge in [0.1, 0.15) is 11.6 Å². The van der Waals surface area contributed by atoms with Crippen LogP contribution in [0.5, 0.6) is 5.75 Å². The SMILES string of the molecule is Cc1c(F)cccc1C#Cc1ccc(OC(F)F)cc1. The normalized spacial score (nSPS) is 10.1. The first-order chi connectivity index (χ1) is 9.56. The van der Waals surface area contributed by atoms with E-state index in [1.165, 1.54) is 18.2 Å². The first-order valence-electron chi connectivity index (χ1n) is 5.88. The van der Waals surface area contributed by atoms with E-state index in [0.29, 0.717) is 16.7 Å². The Labute approximate surface area is 115 Å². The lowest BCUT2D eigenvalue weighted by atomic mass is 10.1. The van der Waals surface area contributed by atoms with Gasteiger partial charge in [-0.1, -0.05) is 17.9 Å². The summed E-state index contributed by atoms with van der Waals surface area (Å²) in [6.45, 7) is -1.19. The minimum Gasteiger partial charge on any atom is -0.435 e. The van der Waals surface area contributed by atoms with E-state index < -0.39 is 6.61 Å². The molecule has 0 aliphatic heterocycles. The highest BCUT2D eigenvalue weighted by atomic mass is 19.3. The number of benzene rings is 2. The zero-order chi connectivity index (χ0) is 14.5. The lowest BCUT2D eigenvalue weighted by Gasteiger charge is -2.03. The third-order valence-electron chi connectivity index (χ3n) is 2.69. The molecule has 1 nitrogen and oxygen atoms in total. The van der Waals surface area contributed by atoms with Crippen molar-refractivity contribution in [2.24, 2.45) is 0 Å². The van der Waals surface area contributed by atoms with Crippen molar-refractivity contribution in [2.75, 3.05) is 0 Å². The average molecular weight is 276 g/mol. The maximum Gasteiger partial charge on any atom is 0.387 e. The van der Waals surface area contributed by atoms with Crippen molar-refractivity contribution < 1.29 is 17.9 Å². The van der Waals surface area contributed by atoms with Crippen LogP contribution in [0.25, 0.3) is 0 Å². The zero-order valence-electron chi connectivity index (χ0n) is 10.7. The standard InChI is InChI=1S/C16H11F3O/c1-11-13(3-2-4-15(11)17)8-5-12-6-9-14(10-7-12)20-16(18)19/h2-4,6-7,9-10,16H,1H3. The van der Waals surface area contributed by atoms with Crippen LogP contribution in [0.15, 0.2) is 42.5 Å². The van der Waals surface area contributed by atoms with Crippen molar-refractivity contribution in [1.29, 1.82) is 0 Å². The number of alkyl halides is 2. The molecule has 0 unspecified atom stereocenters. The quantitative estimate of drug-likeness (QED) is 0.749. The molecule has 0 aliphatic carbocycles. The van der Waals surface area contributed by atoms with E-state index in [-0.39, 0.29) is 11.6 Å². The molecule has 0 amide bonds. The summed E-state index contributed by atoms with van der Waals surface area (Å²) < 4.78 is 41.5. The Kier molecular flexibility index (Phi) is 4.31. The van der Waals surface area contributed by atoms with Crippen LogP contribution < -0.4 is 4.74 Å². The number of hydrogen-bond donors (Lipinski definition) is 0. The molecule has 0 saturated heterocycles. The van der Waals surface area contributed by atoms with Gasteiger partial charge in [-0.2, -0.15) is 8.78 Å². The largest absolute Gasteiger partial charge is 0.435 e. The molecule has 0 N–H and O–H groups in total. The molecular formula is C16H11F3O. The number of halogens is 3. The Bertz CT molecular complexity index is 652. The van der Waals surface area contributed by atoms with Gasteiger partial charge < -0.3 is 4.74 Å². The summed E-state index contributed by atoms with van der Waals surface area (Å²) in [5, 5.41) is 0. The van der Waals surface area contributed by atoms with Gasteiger partial charge in [0.2, 0.25) is 0 Å². The predicted molar refractivity (Wildman–Crippen MR) is 70.2 cm³/mol. The molecular weight excluding hydrogens is 265 g/mol. The van der Waals surface area contributed by atoms with Crippen molar-refractivity contribution in [3.05, 3.63) is 65.0 Å². The van der Waals surface area contributed by atoms with Gasteiger partial charge in [0.05, 0.1) is 0 Å². The fourth-order valence-corrected chi connectivity index (χ4v) is 1.60. The molecule has 2 aromatic carbocycles. The third kappa shape index (κ3) is 3.55. The van der Waals surface area contributed by atoms with Crippen LogP contribution in [0.3, 0.4) is 0 Å². The molecule has 0 aliphatic rings. The number of hydrogen-bond acceptors (Lipinski definition) is 1. The first-order valence-corrected chi connectivity index (χ1v) is 5.88. The highest BCUT2D eigenvalue weighted by Gasteiger charge is 2.03. The maximum atomic E-state index is 13.3. The lowest BCUT2D eigenvalue weighted by molar-refractivity contribution is -0.0498. The van der Waals surface area contributed by atoms with Crippen LogP contribution >= 0.6 is 0 Å². The molecule has 0 saturated carbocycles. The van der Waals surface area contributed by atoms with Gasteiger partial charge in [0.25, 0.3) is 0 Å². The van der Waals surface area contributed by atoms with Gasteiger partial charge in [0.15, 0.2) is 0 Å². The molecule has 0 fully saturated rings. The molecule has 0 atom stereocenters. The van der Waals surface area contributed by atoms with E-state index in [4.69, 9.17) is 0 Å². The molecule has 102 valence electrons. The Balaban J connectivity index is 2.18. The molecule has 2 rings (SSSR count). The van der Waals surface area contributed by atoms with Crippen molar-refractivity contribution in [2.45, 2.75) is 13.5 Å². The van der Waals surface area contributed by atoms with Crippen LogP contribution in [-0.2, 0) is 0 Å². The Hall–Kier alpha value is -2.41. The highest BCUT2D eigenvalue weighted by molar-refractivity contribution is 5.47. The molecule has 0 aromatic heterocycles. The minimum atomic E-state index is -2.85. The Morgan fingerprint density at radius 1 is 1.00 bits per heavy atom. The van der Waals surface area contributed by atoms with Crippen LogP contribution in [0, 0.1) is 24.6 Å². The van der Waals surface area contributed by atoms with Crippen molar-refractivity contribution in [1.82, 2.24) is 0 Å². The Morgan fingerprint density at radius 2 is 1.70 bits per heavy atom. The first kappa shape index (κ1) is 14.0. The summed E-state index contributed by atoms with van der Waals surface area (Å²) in [6.07, 6.45) is 0. The van der Waals surface area contributed by atoms with Crippen LogP contribution in [0.4, 0.5) is 13.2 Å². The molecule has 0 spiro atoms. The van der Waals surface area contributed by atoms with Gasteiger partial charge >= 0.3 is 6.61 Å². The van der Waals surface area contributed by atoms with Gasteiger partial charge in [0, 0.05) is 16.7 Å². The summed E-state index contributed by atoms with van der Waals surface area (Å²) in [4.78, 5) is 0. The molecule has 20 heavy (non-hydrogen) atoms. The minimum absolute atomic E-state index is 0.0764. The monoisotopic (exact) mass is 276 g/mol. The van der Waals surface area contributed by atoms with E-state index >= 15 is 0 Å². The van der Waals surface area contributed by atoms with Crippen LogP contribution in [0.2, 0.25) is 0 Å². The van der Waals surface area contributed by atoms with E-state index in [1.807, 2.05) is 0 Å². The zero-order valence-corrected chi connectivity index (χ0v) is 10.7. The fraction of sp³-hybridized carbons (Fsp3) is 0.125. The molecule has 0 bridgehead atoms. The third-order valence-corrected chi connectivity index (χ3v) is 2.69. The molecule has 4 heteroatoms. The fourth-order valence-electron chi connectivity index (χ4n) is 1.60. The van der Waals surface area contributed by atoms with Gasteiger partial charge in [-0.15, -0.1) is 0 Å².